The number of carbonyl (C=O) groups is 2. The number of Topliss-reactive ketones (excluding diaryl/α,β-unsaturated/α-hetero) is 1. The molecule has 6 nitrogen and oxygen atoms in total. The number of phenolic OH excluding ortho intramolecular Hbond substituents is 1. The molecule has 0 aliphatic carbocycles. The normalized spacial score (nSPS) is 10.9. The summed E-state index contributed by atoms with van der Waals surface area (Å²) in [6.45, 7) is 6.66. The van der Waals surface area contributed by atoms with Crippen LogP contribution in [0.1, 0.15) is 33.3 Å². The Morgan fingerprint density at radius 3 is 2.38 bits per heavy atom. The summed E-state index contributed by atoms with van der Waals surface area (Å²) in [4.78, 5) is 23.0. The average Bonchev–Trinajstić information content (AvgIpc) is 2.29. The lowest BCUT2D eigenvalue weighted by molar-refractivity contribution is -0.116. The Morgan fingerprint density at radius 1 is 1.29 bits per heavy atom. The second-order valence-electron chi connectivity index (χ2n) is 5.70. The Balaban J connectivity index is 3.04. The van der Waals surface area contributed by atoms with Crippen LogP contribution in [0.2, 0.25) is 0 Å². The molecule has 0 heterocycles. The summed E-state index contributed by atoms with van der Waals surface area (Å²) < 4.78 is 10.2. The first-order valence-electron chi connectivity index (χ1n) is 6.51. The van der Waals surface area contributed by atoms with E-state index in [-0.39, 0.29) is 29.4 Å². The number of ketones is 1. The van der Waals surface area contributed by atoms with Gasteiger partial charge in [0.1, 0.15) is 11.4 Å². The summed E-state index contributed by atoms with van der Waals surface area (Å²) in [5.41, 5.74) is 0.115. The minimum absolute atomic E-state index is 0.0361. The molecule has 0 saturated carbocycles. The molecule has 0 spiro atoms. The first-order valence-corrected chi connectivity index (χ1v) is 6.51. The van der Waals surface area contributed by atoms with Gasteiger partial charge in [-0.1, -0.05) is 0 Å². The number of carbonyl (C=O) groups excluding carboxylic acids is 2. The van der Waals surface area contributed by atoms with Gasteiger partial charge in [-0.25, -0.2) is 4.79 Å². The number of anilines is 1. The molecule has 0 aliphatic rings. The highest BCUT2D eigenvalue weighted by Crippen LogP contribution is 2.36. The maximum atomic E-state index is 11.8. The van der Waals surface area contributed by atoms with Crippen LogP contribution < -0.4 is 10.1 Å². The largest absolute Gasteiger partial charge is 0.503 e. The van der Waals surface area contributed by atoms with Gasteiger partial charge in [0.25, 0.3) is 0 Å². The quantitative estimate of drug-likeness (QED) is 0.834. The fourth-order valence-electron chi connectivity index (χ4n) is 1.72. The first-order chi connectivity index (χ1) is 9.62. The standard InChI is InChI=1S/C15H21NO5/c1-9(17)6-10-7-11(13(18)12(8-10)20-5)16-14(19)21-15(2,3)4/h7-8,18H,6H2,1-5H3,(H,16,19). The monoisotopic (exact) mass is 295 g/mol. The molecule has 1 aromatic rings. The molecule has 0 aliphatic heterocycles. The molecule has 0 radical (unpaired) electrons. The van der Waals surface area contributed by atoms with Gasteiger partial charge in [-0.05, 0) is 45.4 Å². The van der Waals surface area contributed by atoms with E-state index in [0.29, 0.717) is 5.56 Å². The van der Waals surface area contributed by atoms with Gasteiger partial charge in [0.05, 0.1) is 12.8 Å². The molecule has 1 aromatic carbocycles. The third-order valence-electron chi connectivity index (χ3n) is 2.44. The zero-order valence-electron chi connectivity index (χ0n) is 12.9. The summed E-state index contributed by atoms with van der Waals surface area (Å²) in [7, 11) is 1.39. The number of hydrogen-bond donors (Lipinski definition) is 2. The highest BCUT2D eigenvalue weighted by atomic mass is 16.6. The molecule has 0 unspecified atom stereocenters. The summed E-state index contributed by atoms with van der Waals surface area (Å²) in [5, 5.41) is 12.5. The van der Waals surface area contributed by atoms with Crippen LogP contribution in [0.4, 0.5) is 10.5 Å². The predicted molar refractivity (Wildman–Crippen MR) is 78.9 cm³/mol. The summed E-state index contributed by atoms with van der Waals surface area (Å²) in [6.07, 6.45) is -0.514. The number of rotatable bonds is 4. The molecular formula is C15H21NO5. The minimum Gasteiger partial charge on any atom is -0.503 e. The van der Waals surface area contributed by atoms with Crippen LogP contribution in [0.3, 0.4) is 0 Å². The Bertz CT molecular complexity index is 546. The number of amides is 1. The zero-order chi connectivity index (χ0) is 16.2. The maximum Gasteiger partial charge on any atom is 0.412 e. The average molecular weight is 295 g/mol. The number of benzene rings is 1. The zero-order valence-corrected chi connectivity index (χ0v) is 12.9. The van der Waals surface area contributed by atoms with Crippen LogP contribution >= 0.6 is 0 Å². The van der Waals surface area contributed by atoms with Crippen molar-refractivity contribution >= 4 is 17.6 Å². The van der Waals surface area contributed by atoms with Gasteiger partial charge in [0, 0.05) is 6.42 Å². The second kappa shape index (κ2) is 6.47. The Labute approximate surface area is 124 Å². The molecule has 1 amide bonds. The summed E-state index contributed by atoms with van der Waals surface area (Å²) in [5.74, 6) is -0.0681. The van der Waals surface area contributed by atoms with Crippen molar-refractivity contribution in [3.63, 3.8) is 0 Å². The molecule has 0 bridgehead atoms. The van der Waals surface area contributed by atoms with Crippen LogP contribution in [-0.4, -0.2) is 29.7 Å². The van der Waals surface area contributed by atoms with Crippen molar-refractivity contribution < 1.29 is 24.2 Å². The SMILES string of the molecule is COc1cc(CC(C)=O)cc(NC(=O)OC(C)(C)C)c1O. The number of nitrogens with one attached hydrogen (secondary N) is 1. The van der Waals surface area contributed by atoms with Crippen molar-refractivity contribution in [3.05, 3.63) is 17.7 Å². The van der Waals surface area contributed by atoms with E-state index in [9.17, 15) is 14.7 Å². The van der Waals surface area contributed by atoms with Gasteiger partial charge >= 0.3 is 6.09 Å². The molecule has 0 saturated heterocycles. The van der Waals surface area contributed by atoms with E-state index in [0.717, 1.165) is 0 Å². The van der Waals surface area contributed by atoms with E-state index >= 15 is 0 Å². The molecule has 0 aromatic heterocycles. The van der Waals surface area contributed by atoms with Gasteiger partial charge in [0.15, 0.2) is 11.5 Å². The number of methoxy groups -OCH3 is 1. The predicted octanol–water partition coefficient (Wildman–Crippen LogP) is 2.88. The van der Waals surface area contributed by atoms with E-state index in [1.165, 1.54) is 20.1 Å². The summed E-state index contributed by atoms with van der Waals surface area (Å²) >= 11 is 0. The molecule has 116 valence electrons. The number of aromatic hydroxyl groups is 1. The number of hydrogen-bond acceptors (Lipinski definition) is 5. The van der Waals surface area contributed by atoms with Gasteiger partial charge in [-0.2, -0.15) is 0 Å². The number of phenols is 1. The topological polar surface area (TPSA) is 84.9 Å². The van der Waals surface area contributed by atoms with Crippen molar-refractivity contribution in [2.75, 3.05) is 12.4 Å². The van der Waals surface area contributed by atoms with E-state index in [4.69, 9.17) is 9.47 Å². The van der Waals surface area contributed by atoms with Crippen LogP contribution in [0.15, 0.2) is 12.1 Å². The van der Waals surface area contributed by atoms with Crippen LogP contribution in [-0.2, 0) is 16.0 Å². The first kappa shape index (κ1) is 16.8. The molecule has 21 heavy (non-hydrogen) atoms. The fraction of sp³-hybridized carbons (Fsp3) is 0.467. The van der Waals surface area contributed by atoms with Crippen LogP contribution in [0.25, 0.3) is 0 Å². The molecule has 6 heteroatoms. The maximum absolute atomic E-state index is 11.8. The van der Waals surface area contributed by atoms with Crippen molar-refractivity contribution in [2.45, 2.75) is 39.7 Å². The highest BCUT2D eigenvalue weighted by Gasteiger charge is 2.19. The molecule has 0 fully saturated rings. The van der Waals surface area contributed by atoms with Gasteiger partial charge in [-0.15, -0.1) is 0 Å². The van der Waals surface area contributed by atoms with Crippen LogP contribution in [0, 0.1) is 0 Å². The molecule has 1 rings (SSSR count). The van der Waals surface area contributed by atoms with E-state index in [1.54, 1.807) is 26.8 Å². The van der Waals surface area contributed by atoms with Gasteiger partial charge in [0.2, 0.25) is 0 Å². The van der Waals surface area contributed by atoms with E-state index < -0.39 is 11.7 Å². The van der Waals surface area contributed by atoms with Crippen LogP contribution in [0.5, 0.6) is 11.5 Å². The highest BCUT2D eigenvalue weighted by molar-refractivity contribution is 5.88. The smallest absolute Gasteiger partial charge is 0.412 e. The lowest BCUT2D eigenvalue weighted by Gasteiger charge is -2.20. The molecular weight excluding hydrogens is 274 g/mol. The minimum atomic E-state index is -0.695. The molecule has 0 atom stereocenters. The number of ether oxygens (including phenoxy) is 2. The van der Waals surface area contributed by atoms with Crippen molar-refractivity contribution in [3.8, 4) is 11.5 Å². The second-order valence-corrected chi connectivity index (χ2v) is 5.70. The molecule has 2 N–H and O–H groups in total. The third kappa shape index (κ3) is 5.33. The van der Waals surface area contributed by atoms with Crippen molar-refractivity contribution in [1.82, 2.24) is 0 Å². The van der Waals surface area contributed by atoms with E-state index in [1.807, 2.05) is 0 Å². The Hall–Kier alpha value is -2.24. The lowest BCUT2D eigenvalue weighted by atomic mass is 10.1. The lowest BCUT2D eigenvalue weighted by Crippen LogP contribution is -2.27. The van der Waals surface area contributed by atoms with Crippen molar-refractivity contribution in [2.24, 2.45) is 0 Å². The Morgan fingerprint density at radius 2 is 1.90 bits per heavy atom. The summed E-state index contributed by atoms with van der Waals surface area (Å²) in [6, 6.07) is 3.07. The van der Waals surface area contributed by atoms with E-state index in [2.05, 4.69) is 5.32 Å². The van der Waals surface area contributed by atoms with Gasteiger partial charge in [-0.3, -0.25) is 10.1 Å². The Kier molecular flexibility index (Phi) is 5.18. The van der Waals surface area contributed by atoms with Gasteiger partial charge < -0.3 is 14.6 Å². The fourth-order valence-corrected chi connectivity index (χ4v) is 1.72. The van der Waals surface area contributed by atoms with Crippen molar-refractivity contribution in [1.29, 1.82) is 0 Å². The third-order valence-corrected chi connectivity index (χ3v) is 2.44.